The number of hydrogen-bond donors (Lipinski definition) is 3. The van der Waals surface area contributed by atoms with E-state index in [2.05, 4.69) is 33.0 Å². The van der Waals surface area contributed by atoms with E-state index in [0.29, 0.717) is 11.6 Å². The molecule has 27 heavy (non-hydrogen) atoms. The molecule has 0 spiro atoms. The van der Waals surface area contributed by atoms with E-state index in [1.807, 2.05) is 5.32 Å². The van der Waals surface area contributed by atoms with Crippen LogP contribution in [-0.4, -0.2) is 48.5 Å². The molecule has 0 aliphatic heterocycles. The van der Waals surface area contributed by atoms with Crippen molar-refractivity contribution in [3.63, 3.8) is 0 Å². The molecule has 0 aromatic rings. The van der Waals surface area contributed by atoms with Crippen molar-refractivity contribution in [3.8, 4) is 0 Å². The number of rotatable bonds is 9. The average molecular weight is 627 g/mol. The molecule has 0 fully saturated rings. The Morgan fingerprint density at radius 1 is 1.11 bits per heavy atom. The Balaban J connectivity index is -0.000000844. The van der Waals surface area contributed by atoms with Crippen LogP contribution in [0.4, 0.5) is 0 Å². The van der Waals surface area contributed by atoms with Crippen LogP contribution < -0.4 is 10.6 Å². The fourth-order valence-corrected chi connectivity index (χ4v) is 1.34. The molecule has 0 aromatic carbocycles. The maximum absolute atomic E-state index is 12.0. The average Bonchev–Trinajstić information content (AvgIpc) is 2.45. The number of ether oxygens (including phenoxy) is 1. The van der Waals surface area contributed by atoms with Crippen LogP contribution >= 0.6 is 0 Å². The molecule has 0 saturated carbocycles. The van der Waals surface area contributed by atoms with E-state index in [4.69, 9.17) is 10.1 Å². The predicted octanol–water partition coefficient (Wildman–Crippen LogP) is 1.52. The van der Waals surface area contributed by atoms with Gasteiger partial charge in [-0.1, -0.05) is 27.7 Å². The molecule has 0 saturated heterocycles. The van der Waals surface area contributed by atoms with E-state index in [9.17, 15) is 19.2 Å². The van der Waals surface area contributed by atoms with Crippen molar-refractivity contribution < 1.29 is 23.9 Å². The number of esters is 1. The first-order chi connectivity index (χ1) is 11.7. The summed E-state index contributed by atoms with van der Waals surface area (Å²) in [6.07, 6.45) is 1.93. The van der Waals surface area contributed by atoms with Crippen LogP contribution in [0, 0.1) is 10.8 Å². The maximum Gasteiger partial charge on any atom is 0.329 e. The minimum atomic E-state index is -1.02. The zero-order valence-corrected chi connectivity index (χ0v) is 19.5. The second-order valence-corrected chi connectivity index (χ2v) is 8.26. The topological polar surface area (TPSA) is 125 Å². The summed E-state index contributed by atoms with van der Waals surface area (Å²) in [6, 6.07) is -1.02. The van der Waals surface area contributed by atoms with Crippen molar-refractivity contribution in [2.24, 2.45) is 5.41 Å². The third-order valence-electron chi connectivity index (χ3n) is 2.19. The van der Waals surface area contributed by atoms with Gasteiger partial charge < -0.3 is 25.6 Å². The van der Waals surface area contributed by atoms with E-state index in [-0.39, 0.29) is 19.4 Å². The summed E-state index contributed by atoms with van der Waals surface area (Å²) in [7, 11) is 0. The Bertz CT molecular complexity index is 490. The summed E-state index contributed by atoms with van der Waals surface area (Å²) >= 11 is 0. The quantitative estimate of drug-likeness (QED) is 0.155. The molecular weight excluding hydrogens is 595 g/mol. The zero-order valence-electron chi connectivity index (χ0n) is 17.1. The first-order valence-corrected chi connectivity index (χ1v) is 8.35. The first-order valence-electron chi connectivity index (χ1n) is 8.35. The molecule has 9 heteroatoms. The first kappa shape index (κ1) is 28.5. The molecule has 3 N–H and O–H groups in total. The van der Waals surface area contributed by atoms with Crippen LogP contribution in [-0.2, 0) is 23.9 Å². The SMILES string of the molecule is CC(C)(C)C.CC(C)(C)OC(=O)C(CCC(=O)C=N)NC(=O)CN[C-]=O.[Fm]. The van der Waals surface area contributed by atoms with Gasteiger partial charge in [0.1, 0.15) is 11.6 Å². The molecule has 0 rings (SSSR count). The summed E-state index contributed by atoms with van der Waals surface area (Å²) in [5.74, 6) is -1.74. The van der Waals surface area contributed by atoms with E-state index in [1.54, 1.807) is 20.8 Å². The number of ketones is 1. The van der Waals surface area contributed by atoms with Crippen LogP contribution in [0.25, 0.3) is 0 Å². The Labute approximate surface area is 155 Å². The summed E-state index contributed by atoms with van der Waals surface area (Å²) in [5, 5.41) is 11.2. The predicted molar refractivity (Wildman–Crippen MR) is 99.6 cm³/mol. The second-order valence-electron chi connectivity index (χ2n) is 8.26. The van der Waals surface area contributed by atoms with Crippen molar-refractivity contribution in [1.82, 2.24) is 10.6 Å². The van der Waals surface area contributed by atoms with E-state index < -0.39 is 29.3 Å². The van der Waals surface area contributed by atoms with E-state index in [0.717, 1.165) is 0 Å². The fourth-order valence-electron chi connectivity index (χ4n) is 1.34. The fraction of sp³-hybridized carbons (Fsp3) is 0.722. The standard InChI is InChI=1S/C13H20N3O5.C5H12.Fm/c1-13(2,3)21-12(20)10(5-4-9(18)6-14)16-11(19)7-15-8-17;1-5(2,3)4;/h6,10,14H,4-5,7H2,1-3H3,(H,15,17)(H,16,19);1-4H3;/q-1;;. The van der Waals surface area contributed by atoms with Gasteiger partial charge in [0.05, 0.1) is 12.8 Å². The van der Waals surface area contributed by atoms with Gasteiger partial charge in [-0.05, 0) is 32.6 Å². The number of hydrogen-bond acceptors (Lipinski definition) is 6. The molecule has 162 valence electrons. The van der Waals surface area contributed by atoms with Crippen molar-refractivity contribution in [2.75, 3.05) is 6.54 Å². The number of carbonyl (C=O) groups excluding carboxylic acids is 4. The minimum absolute atomic E-state index is 0. The number of amides is 2. The molecule has 1 unspecified atom stereocenters. The summed E-state index contributed by atoms with van der Waals surface area (Å²) in [5.41, 5.74) is -0.236. The van der Waals surface area contributed by atoms with E-state index in [1.165, 1.54) is 6.41 Å². The normalized spacial score (nSPS) is 11.5. The third-order valence-corrected chi connectivity index (χ3v) is 2.19. The third kappa shape index (κ3) is 22.8. The Morgan fingerprint density at radius 3 is 1.96 bits per heavy atom. The maximum atomic E-state index is 12.0. The Morgan fingerprint density at radius 2 is 1.59 bits per heavy atom. The van der Waals surface area contributed by atoms with Crippen LogP contribution in [0.5, 0.6) is 0 Å². The van der Waals surface area contributed by atoms with Gasteiger partial charge in [0.2, 0.25) is 5.91 Å². The molecule has 8 nitrogen and oxygen atoms in total. The zero-order chi connectivity index (χ0) is 21.0. The van der Waals surface area contributed by atoms with Crippen LogP contribution in [0.1, 0.15) is 61.3 Å². The Hall–Kier alpha value is -3.25. The molecule has 0 heterocycles. The molecule has 0 aliphatic rings. The number of Topliss-reactive ketones (excluding diaryl/α,β-unsaturated/α-hetero) is 1. The molecule has 0 aromatic heterocycles. The summed E-state index contributed by atoms with van der Waals surface area (Å²) < 4.78 is 5.15. The Kier molecular flexibility index (Phi) is 13.8. The van der Waals surface area contributed by atoms with Crippen LogP contribution in [0.3, 0.4) is 0 Å². The van der Waals surface area contributed by atoms with Gasteiger partial charge in [-0.3, -0.25) is 9.59 Å². The monoisotopic (exact) mass is 627 g/mol. The van der Waals surface area contributed by atoms with Crippen molar-refractivity contribution in [2.45, 2.75) is 73.0 Å². The van der Waals surface area contributed by atoms with Gasteiger partial charge in [0.25, 0.3) is 0 Å². The molecule has 0 bridgehead atoms. The van der Waals surface area contributed by atoms with Gasteiger partial charge in [-0.15, -0.1) is 0 Å². The smallest absolute Gasteiger partial charge is 0.329 e. The molecule has 0 radical (unpaired) electrons. The van der Waals surface area contributed by atoms with Crippen LogP contribution in [0.15, 0.2) is 0 Å². The molecule has 2 amide bonds. The van der Waals surface area contributed by atoms with Crippen LogP contribution in [0.2, 0.25) is 0 Å². The number of carbonyl (C=O) groups is 3. The van der Waals surface area contributed by atoms with Gasteiger partial charge >= 0.3 is 5.97 Å². The summed E-state index contributed by atoms with van der Waals surface area (Å²) in [6.45, 7) is 13.4. The molecule has 1 atom stereocenters. The van der Waals surface area contributed by atoms with Crippen molar-refractivity contribution in [3.05, 3.63) is 0 Å². The second kappa shape index (κ2) is 13.0. The van der Waals surface area contributed by atoms with E-state index >= 15 is 0 Å². The van der Waals surface area contributed by atoms with Gasteiger partial charge in [0, 0.05) is 6.42 Å². The molecular formula is C18H32FmN3O5-. The van der Waals surface area contributed by atoms with Gasteiger partial charge in [-0.2, -0.15) is 6.41 Å². The minimum Gasteiger partial charge on any atom is -0.522 e. The summed E-state index contributed by atoms with van der Waals surface area (Å²) in [4.78, 5) is 44.6. The molecule has 0 aliphatic carbocycles. The van der Waals surface area contributed by atoms with Crippen molar-refractivity contribution >= 4 is 30.3 Å². The van der Waals surface area contributed by atoms with Gasteiger partial charge in [-0.25, -0.2) is 4.79 Å². The van der Waals surface area contributed by atoms with Crippen molar-refractivity contribution in [1.29, 1.82) is 5.41 Å². The van der Waals surface area contributed by atoms with Gasteiger partial charge in [0.15, 0.2) is 5.78 Å². The number of nitrogens with one attached hydrogen (secondary N) is 3. The largest absolute Gasteiger partial charge is 0.522 e.